The third-order valence-corrected chi connectivity index (χ3v) is 6.50. The lowest BCUT2D eigenvalue weighted by molar-refractivity contribution is -0.138. The number of hydrogen-bond acceptors (Lipinski definition) is 6. The minimum Gasteiger partial charge on any atom is -0.493 e. The van der Waals surface area contributed by atoms with Crippen LogP contribution in [0.25, 0.3) is 0 Å². The van der Waals surface area contributed by atoms with Crippen molar-refractivity contribution in [3.8, 4) is 17.2 Å². The van der Waals surface area contributed by atoms with Crippen LogP contribution in [0.1, 0.15) is 50.4 Å². The van der Waals surface area contributed by atoms with Gasteiger partial charge in [-0.15, -0.1) is 0 Å². The topological polar surface area (TPSA) is 74.3 Å². The van der Waals surface area contributed by atoms with E-state index in [-0.39, 0.29) is 19.8 Å². The summed E-state index contributed by atoms with van der Waals surface area (Å²) in [6.07, 6.45) is -4.29. The Balaban J connectivity index is 1.69. The molecule has 0 aliphatic carbocycles. The SMILES string of the molecule is CCOC(=O)c1ccc(OCC2c3cc(OC)c(OC)cc3CCN2C(=O)c2ccccc2C(F)(F)F)cc1. The van der Waals surface area contributed by atoms with E-state index in [1.54, 1.807) is 43.3 Å². The number of amides is 1. The first-order chi connectivity index (χ1) is 18.7. The molecule has 3 aromatic rings. The number of fused-ring (bicyclic) bond motifs is 1. The molecule has 0 radical (unpaired) electrons. The summed E-state index contributed by atoms with van der Waals surface area (Å²) in [5, 5.41) is 0. The largest absolute Gasteiger partial charge is 0.493 e. The van der Waals surface area contributed by atoms with Crippen LogP contribution in [0.2, 0.25) is 0 Å². The molecule has 0 aromatic heterocycles. The van der Waals surface area contributed by atoms with Gasteiger partial charge < -0.3 is 23.8 Å². The lowest BCUT2D eigenvalue weighted by Crippen LogP contribution is -2.43. The van der Waals surface area contributed by atoms with Crippen molar-refractivity contribution in [2.45, 2.75) is 25.6 Å². The van der Waals surface area contributed by atoms with E-state index in [4.69, 9.17) is 18.9 Å². The molecule has 1 unspecified atom stereocenters. The van der Waals surface area contributed by atoms with E-state index < -0.39 is 35.2 Å². The zero-order chi connectivity index (χ0) is 28.2. The summed E-state index contributed by atoms with van der Waals surface area (Å²) in [6.45, 7) is 2.07. The van der Waals surface area contributed by atoms with Crippen LogP contribution >= 0.6 is 0 Å². The predicted octanol–water partition coefficient (Wildman–Crippen LogP) is 5.72. The monoisotopic (exact) mass is 543 g/mol. The van der Waals surface area contributed by atoms with Crippen LogP contribution in [0.5, 0.6) is 17.2 Å². The first-order valence-electron chi connectivity index (χ1n) is 12.3. The van der Waals surface area contributed by atoms with Crippen LogP contribution in [0.4, 0.5) is 13.2 Å². The second-order valence-corrected chi connectivity index (χ2v) is 8.77. The number of methoxy groups -OCH3 is 2. The lowest BCUT2D eigenvalue weighted by atomic mass is 9.91. The molecular weight excluding hydrogens is 515 g/mol. The third-order valence-electron chi connectivity index (χ3n) is 6.50. The number of halogens is 3. The summed E-state index contributed by atoms with van der Waals surface area (Å²) >= 11 is 0. The van der Waals surface area contributed by atoms with Crippen molar-refractivity contribution in [1.82, 2.24) is 4.90 Å². The second kappa shape index (κ2) is 11.7. The number of ether oxygens (including phenoxy) is 4. The smallest absolute Gasteiger partial charge is 0.417 e. The van der Waals surface area contributed by atoms with Crippen molar-refractivity contribution in [1.29, 1.82) is 0 Å². The molecule has 1 atom stereocenters. The average Bonchev–Trinajstić information content (AvgIpc) is 2.94. The molecule has 0 saturated carbocycles. The van der Waals surface area contributed by atoms with Gasteiger partial charge in [0.15, 0.2) is 11.5 Å². The molecule has 39 heavy (non-hydrogen) atoms. The molecule has 0 spiro atoms. The van der Waals surface area contributed by atoms with Gasteiger partial charge in [-0.2, -0.15) is 13.2 Å². The highest BCUT2D eigenvalue weighted by atomic mass is 19.4. The van der Waals surface area contributed by atoms with Crippen LogP contribution in [0.15, 0.2) is 60.7 Å². The van der Waals surface area contributed by atoms with E-state index in [9.17, 15) is 22.8 Å². The summed E-state index contributed by atoms with van der Waals surface area (Å²) in [7, 11) is 2.99. The number of alkyl halides is 3. The molecule has 4 rings (SSSR count). The van der Waals surface area contributed by atoms with Gasteiger partial charge in [0.05, 0.1) is 43.6 Å². The zero-order valence-electron chi connectivity index (χ0n) is 21.7. The van der Waals surface area contributed by atoms with E-state index in [0.717, 1.165) is 11.6 Å². The molecule has 0 N–H and O–H groups in total. The van der Waals surface area contributed by atoms with Gasteiger partial charge in [0.1, 0.15) is 12.4 Å². The van der Waals surface area contributed by atoms with Gasteiger partial charge in [0.25, 0.3) is 5.91 Å². The summed E-state index contributed by atoms with van der Waals surface area (Å²) in [5.74, 6) is 0.123. The van der Waals surface area contributed by atoms with E-state index in [0.29, 0.717) is 34.8 Å². The van der Waals surface area contributed by atoms with Crippen molar-refractivity contribution in [3.63, 3.8) is 0 Å². The standard InChI is InChI=1S/C29H28F3NO6/c1-4-38-28(35)18-9-11-20(12-10-18)39-17-24-22-16-26(37-3)25(36-2)15-19(22)13-14-33(24)27(34)21-7-5-6-8-23(21)29(30,31)32/h5-12,15-16,24H,4,13-14,17H2,1-3H3. The molecule has 0 bridgehead atoms. The van der Waals surface area contributed by atoms with Crippen molar-refractivity contribution in [3.05, 3.63) is 88.5 Å². The maximum absolute atomic E-state index is 13.7. The van der Waals surface area contributed by atoms with E-state index >= 15 is 0 Å². The van der Waals surface area contributed by atoms with Crippen LogP contribution in [-0.2, 0) is 17.3 Å². The summed E-state index contributed by atoms with van der Waals surface area (Å²) in [5.41, 5.74) is 0.469. The number of carbonyl (C=O) groups excluding carboxylic acids is 2. The van der Waals surface area contributed by atoms with E-state index in [1.807, 2.05) is 0 Å². The Morgan fingerprint density at radius 1 is 0.974 bits per heavy atom. The van der Waals surface area contributed by atoms with Crippen LogP contribution in [0, 0.1) is 0 Å². The molecule has 206 valence electrons. The first kappa shape index (κ1) is 27.8. The highest BCUT2D eigenvalue weighted by molar-refractivity contribution is 5.96. The van der Waals surface area contributed by atoms with Gasteiger partial charge in [-0.3, -0.25) is 4.79 Å². The number of benzene rings is 3. The number of carbonyl (C=O) groups is 2. The van der Waals surface area contributed by atoms with Crippen molar-refractivity contribution in [2.75, 3.05) is 34.0 Å². The van der Waals surface area contributed by atoms with Gasteiger partial charge in [-0.05, 0) is 73.0 Å². The van der Waals surface area contributed by atoms with Gasteiger partial charge in [-0.25, -0.2) is 4.79 Å². The van der Waals surface area contributed by atoms with Gasteiger partial charge in [0, 0.05) is 6.54 Å². The average molecular weight is 544 g/mol. The third kappa shape index (κ3) is 5.94. The Labute approximate surface area is 224 Å². The van der Waals surface area contributed by atoms with Crippen LogP contribution < -0.4 is 14.2 Å². The van der Waals surface area contributed by atoms with E-state index in [2.05, 4.69) is 0 Å². The summed E-state index contributed by atoms with van der Waals surface area (Å²) < 4.78 is 63.1. The van der Waals surface area contributed by atoms with Crippen LogP contribution in [0.3, 0.4) is 0 Å². The molecule has 0 saturated heterocycles. The second-order valence-electron chi connectivity index (χ2n) is 8.77. The minimum absolute atomic E-state index is 0.0544. The minimum atomic E-state index is -4.69. The molecule has 3 aromatic carbocycles. The molecule has 1 aliphatic heterocycles. The maximum Gasteiger partial charge on any atom is 0.417 e. The maximum atomic E-state index is 13.7. The first-order valence-corrected chi connectivity index (χ1v) is 12.3. The molecular formula is C29H28F3NO6. The van der Waals surface area contributed by atoms with Crippen molar-refractivity contribution >= 4 is 11.9 Å². The molecule has 0 fully saturated rings. The Kier molecular flexibility index (Phi) is 8.32. The molecule has 1 amide bonds. The normalized spacial score (nSPS) is 14.8. The quantitative estimate of drug-likeness (QED) is 0.339. The van der Waals surface area contributed by atoms with Crippen molar-refractivity contribution in [2.24, 2.45) is 0 Å². The number of hydrogen-bond donors (Lipinski definition) is 0. The Hall–Kier alpha value is -4.21. The van der Waals surface area contributed by atoms with Gasteiger partial charge >= 0.3 is 12.1 Å². The fraction of sp³-hybridized carbons (Fsp3) is 0.310. The van der Waals surface area contributed by atoms with Gasteiger partial charge in [0.2, 0.25) is 0 Å². The predicted molar refractivity (Wildman–Crippen MR) is 136 cm³/mol. The highest BCUT2D eigenvalue weighted by Gasteiger charge is 2.39. The Morgan fingerprint density at radius 2 is 1.64 bits per heavy atom. The molecule has 1 heterocycles. The molecule has 7 nitrogen and oxygen atoms in total. The number of rotatable bonds is 8. The highest BCUT2D eigenvalue weighted by Crippen LogP contribution is 2.40. The summed E-state index contributed by atoms with van der Waals surface area (Å²) in [4.78, 5) is 27.0. The Morgan fingerprint density at radius 3 is 2.28 bits per heavy atom. The zero-order valence-corrected chi connectivity index (χ0v) is 21.7. The fourth-order valence-corrected chi connectivity index (χ4v) is 4.60. The molecule has 1 aliphatic rings. The lowest BCUT2D eigenvalue weighted by Gasteiger charge is -2.38. The van der Waals surface area contributed by atoms with E-state index in [1.165, 1.54) is 37.3 Å². The van der Waals surface area contributed by atoms with Gasteiger partial charge in [-0.1, -0.05) is 12.1 Å². The molecule has 10 heteroatoms. The van der Waals surface area contributed by atoms with Crippen LogP contribution in [-0.4, -0.2) is 50.8 Å². The summed E-state index contributed by atoms with van der Waals surface area (Å²) in [6, 6.07) is 13.8. The van der Waals surface area contributed by atoms with Crippen molar-refractivity contribution < 1.29 is 41.7 Å². The Bertz CT molecular complexity index is 1340. The fourth-order valence-electron chi connectivity index (χ4n) is 4.60. The number of nitrogens with zero attached hydrogens (tertiary/aromatic N) is 1. The number of esters is 1.